The van der Waals surface area contributed by atoms with E-state index < -0.39 is 6.04 Å². The highest BCUT2D eigenvalue weighted by atomic mass is 35.5. The van der Waals surface area contributed by atoms with Crippen LogP contribution in [0.3, 0.4) is 0 Å². The standard InChI is InChI=1S/C13H11Cl.C8H14N2O3/c1-10-2-4-11(5-3-10)12-6-8-13(14)9-7-12;1-2-13-8(12)7(10-5-11)6-3-9-4-6/h2-9H,1H3;5-7,9H,2-4H2,1H3,(H,10,11). The molecule has 1 fully saturated rings. The van der Waals surface area contributed by atoms with Crippen molar-refractivity contribution in [1.82, 2.24) is 10.6 Å². The summed E-state index contributed by atoms with van der Waals surface area (Å²) in [5.74, 6) is -0.176. The summed E-state index contributed by atoms with van der Waals surface area (Å²) in [7, 11) is 0. The van der Waals surface area contributed by atoms with Gasteiger partial charge in [0.15, 0.2) is 0 Å². The van der Waals surface area contributed by atoms with E-state index in [1.807, 2.05) is 24.3 Å². The van der Waals surface area contributed by atoms with Crippen LogP contribution in [0.5, 0.6) is 0 Å². The number of aryl methyl sites for hydroxylation is 1. The van der Waals surface area contributed by atoms with Crippen molar-refractivity contribution in [2.24, 2.45) is 5.92 Å². The van der Waals surface area contributed by atoms with Crippen LogP contribution in [0.1, 0.15) is 12.5 Å². The van der Waals surface area contributed by atoms with Crippen LogP contribution in [-0.2, 0) is 14.3 Å². The molecule has 0 saturated carbocycles. The number of benzene rings is 2. The van der Waals surface area contributed by atoms with Gasteiger partial charge >= 0.3 is 5.97 Å². The van der Waals surface area contributed by atoms with Gasteiger partial charge in [0.1, 0.15) is 6.04 Å². The van der Waals surface area contributed by atoms with Crippen molar-refractivity contribution in [3.05, 3.63) is 59.1 Å². The zero-order chi connectivity index (χ0) is 19.6. The third-order valence-electron chi connectivity index (χ3n) is 4.30. The number of hydrogen-bond donors (Lipinski definition) is 2. The molecule has 3 rings (SSSR count). The van der Waals surface area contributed by atoms with Gasteiger partial charge in [0, 0.05) is 24.0 Å². The molecule has 1 saturated heterocycles. The van der Waals surface area contributed by atoms with E-state index in [9.17, 15) is 9.59 Å². The molecule has 2 N–H and O–H groups in total. The van der Waals surface area contributed by atoms with Crippen LogP contribution in [0.15, 0.2) is 48.5 Å². The SMILES string of the molecule is CCOC(=O)C(NC=O)C1CNC1.Cc1ccc(-c2ccc(Cl)cc2)cc1. The first-order valence-electron chi connectivity index (χ1n) is 8.94. The van der Waals surface area contributed by atoms with E-state index in [0.717, 1.165) is 18.1 Å². The summed E-state index contributed by atoms with van der Waals surface area (Å²) in [6, 6.07) is 15.9. The maximum Gasteiger partial charge on any atom is 0.329 e. The van der Waals surface area contributed by atoms with Gasteiger partial charge in [-0.1, -0.05) is 53.6 Å². The lowest BCUT2D eigenvalue weighted by Crippen LogP contribution is -2.56. The fourth-order valence-corrected chi connectivity index (χ4v) is 2.76. The van der Waals surface area contributed by atoms with Crippen LogP contribution in [0, 0.1) is 12.8 Å². The Morgan fingerprint density at radius 3 is 2.19 bits per heavy atom. The highest BCUT2D eigenvalue weighted by Gasteiger charge is 2.33. The summed E-state index contributed by atoms with van der Waals surface area (Å²) in [6.45, 7) is 5.69. The Balaban J connectivity index is 0.000000194. The molecular weight excluding hydrogens is 364 g/mol. The molecule has 1 unspecified atom stereocenters. The van der Waals surface area contributed by atoms with Crippen molar-refractivity contribution < 1.29 is 14.3 Å². The van der Waals surface area contributed by atoms with Gasteiger partial charge in [-0.25, -0.2) is 4.79 Å². The molecule has 27 heavy (non-hydrogen) atoms. The highest BCUT2D eigenvalue weighted by molar-refractivity contribution is 6.30. The van der Waals surface area contributed by atoms with E-state index in [-0.39, 0.29) is 11.9 Å². The predicted molar refractivity (Wildman–Crippen MR) is 108 cm³/mol. The molecule has 1 aliphatic heterocycles. The van der Waals surface area contributed by atoms with E-state index in [0.29, 0.717) is 13.0 Å². The Hall–Kier alpha value is -2.37. The molecule has 1 amide bonds. The summed E-state index contributed by atoms with van der Waals surface area (Å²) in [5.41, 5.74) is 3.71. The molecule has 0 bridgehead atoms. The molecule has 1 atom stereocenters. The monoisotopic (exact) mass is 388 g/mol. The van der Waals surface area contributed by atoms with Gasteiger partial charge in [-0.2, -0.15) is 0 Å². The molecule has 2 aromatic carbocycles. The minimum Gasteiger partial charge on any atom is -0.464 e. The summed E-state index contributed by atoms with van der Waals surface area (Å²) in [5, 5.41) is 6.29. The number of esters is 1. The first kappa shape index (κ1) is 20.9. The van der Waals surface area contributed by atoms with Crippen molar-refractivity contribution in [2.75, 3.05) is 19.7 Å². The molecule has 1 heterocycles. The van der Waals surface area contributed by atoms with Gasteiger partial charge in [-0.15, -0.1) is 0 Å². The zero-order valence-electron chi connectivity index (χ0n) is 15.6. The molecule has 1 aliphatic rings. The van der Waals surface area contributed by atoms with E-state index in [2.05, 4.69) is 41.8 Å². The zero-order valence-corrected chi connectivity index (χ0v) is 16.3. The Bertz CT molecular complexity index is 685. The summed E-state index contributed by atoms with van der Waals surface area (Å²) in [6.07, 6.45) is 0.542. The maximum absolute atomic E-state index is 11.3. The molecule has 0 spiro atoms. The van der Waals surface area contributed by atoms with Gasteiger partial charge in [0.2, 0.25) is 6.41 Å². The van der Waals surface area contributed by atoms with Crippen molar-refractivity contribution in [1.29, 1.82) is 0 Å². The third-order valence-corrected chi connectivity index (χ3v) is 4.55. The maximum atomic E-state index is 11.3. The minimum atomic E-state index is -0.487. The molecule has 0 radical (unpaired) electrons. The molecule has 144 valence electrons. The number of carbonyl (C=O) groups is 2. The van der Waals surface area contributed by atoms with E-state index in [1.165, 1.54) is 16.7 Å². The van der Waals surface area contributed by atoms with E-state index >= 15 is 0 Å². The summed E-state index contributed by atoms with van der Waals surface area (Å²) >= 11 is 5.82. The molecular formula is C21H25ClN2O3. The van der Waals surface area contributed by atoms with Crippen molar-refractivity contribution in [2.45, 2.75) is 19.9 Å². The van der Waals surface area contributed by atoms with Crippen LogP contribution in [0.4, 0.5) is 0 Å². The van der Waals surface area contributed by atoms with Gasteiger partial charge in [-0.3, -0.25) is 4.79 Å². The molecule has 0 aliphatic carbocycles. The Labute approximate surface area is 165 Å². The van der Waals surface area contributed by atoms with Gasteiger partial charge in [0.25, 0.3) is 0 Å². The van der Waals surface area contributed by atoms with Crippen LogP contribution in [-0.4, -0.2) is 38.1 Å². The smallest absolute Gasteiger partial charge is 0.329 e. The van der Waals surface area contributed by atoms with Crippen LogP contribution in [0.2, 0.25) is 5.02 Å². The number of amides is 1. The number of ether oxygens (including phenoxy) is 1. The summed E-state index contributed by atoms with van der Waals surface area (Å²) < 4.78 is 4.83. The quantitative estimate of drug-likeness (QED) is 0.589. The Morgan fingerprint density at radius 2 is 1.74 bits per heavy atom. The van der Waals surface area contributed by atoms with Crippen LogP contribution < -0.4 is 10.6 Å². The van der Waals surface area contributed by atoms with Crippen LogP contribution >= 0.6 is 11.6 Å². The highest BCUT2D eigenvalue weighted by Crippen LogP contribution is 2.21. The number of hydrogen-bond acceptors (Lipinski definition) is 4. The Kier molecular flexibility index (Phi) is 8.30. The normalized spacial score (nSPS) is 14.2. The first-order valence-corrected chi connectivity index (χ1v) is 9.32. The lowest BCUT2D eigenvalue weighted by Gasteiger charge is -2.32. The molecule has 5 nitrogen and oxygen atoms in total. The van der Waals surface area contributed by atoms with Crippen molar-refractivity contribution in [3.8, 4) is 11.1 Å². The fraction of sp³-hybridized carbons (Fsp3) is 0.333. The lowest BCUT2D eigenvalue weighted by molar-refractivity contribution is -0.148. The second-order valence-electron chi connectivity index (χ2n) is 6.31. The van der Waals surface area contributed by atoms with E-state index in [4.69, 9.17) is 16.3 Å². The third kappa shape index (κ3) is 6.38. The van der Waals surface area contributed by atoms with E-state index in [1.54, 1.807) is 6.92 Å². The van der Waals surface area contributed by atoms with Gasteiger partial charge in [0.05, 0.1) is 6.61 Å². The van der Waals surface area contributed by atoms with Gasteiger partial charge < -0.3 is 15.4 Å². The number of halogens is 1. The molecule has 0 aromatic heterocycles. The number of nitrogens with one attached hydrogen (secondary N) is 2. The average molecular weight is 389 g/mol. The van der Waals surface area contributed by atoms with Crippen LogP contribution in [0.25, 0.3) is 11.1 Å². The fourth-order valence-electron chi connectivity index (χ4n) is 2.64. The Morgan fingerprint density at radius 1 is 1.19 bits per heavy atom. The topological polar surface area (TPSA) is 67.4 Å². The second-order valence-corrected chi connectivity index (χ2v) is 6.74. The lowest BCUT2D eigenvalue weighted by atomic mass is 9.94. The van der Waals surface area contributed by atoms with Gasteiger partial charge in [-0.05, 0) is 37.1 Å². The summed E-state index contributed by atoms with van der Waals surface area (Å²) in [4.78, 5) is 21.5. The number of rotatable bonds is 6. The number of carbonyl (C=O) groups excluding carboxylic acids is 2. The molecule has 2 aromatic rings. The first-order chi connectivity index (χ1) is 13.0. The predicted octanol–water partition coefficient (Wildman–Crippen LogP) is 3.20. The van der Waals surface area contributed by atoms with Crippen molar-refractivity contribution in [3.63, 3.8) is 0 Å². The average Bonchev–Trinajstić information content (AvgIpc) is 2.62. The minimum absolute atomic E-state index is 0.171. The second kappa shape index (κ2) is 10.7. The van der Waals surface area contributed by atoms with Crippen molar-refractivity contribution >= 4 is 24.0 Å². The largest absolute Gasteiger partial charge is 0.464 e. The molecule has 6 heteroatoms.